The van der Waals surface area contributed by atoms with Crippen molar-refractivity contribution in [3.8, 4) is 5.75 Å². The van der Waals surface area contributed by atoms with Gasteiger partial charge in [-0.15, -0.1) is 0 Å². The molecule has 0 aliphatic heterocycles. The highest BCUT2D eigenvalue weighted by Gasteiger charge is 2.40. The van der Waals surface area contributed by atoms with Gasteiger partial charge in [-0.1, -0.05) is 39.8 Å². The first kappa shape index (κ1) is 22.2. The van der Waals surface area contributed by atoms with Crippen molar-refractivity contribution in [1.82, 2.24) is 0 Å². The van der Waals surface area contributed by atoms with E-state index in [2.05, 4.69) is 40.8 Å². The molecule has 0 aliphatic rings. The largest absolute Gasteiger partial charge is 0.497 e. The van der Waals surface area contributed by atoms with E-state index in [1.54, 1.807) is 7.11 Å². The molecule has 0 aliphatic carbocycles. The fourth-order valence-corrected chi connectivity index (χ4v) is 3.79. The number of rotatable bonds is 10. The van der Waals surface area contributed by atoms with Crippen molar-refractivity contribution in [2.75, 3.05) is 20.3 Å². The van der Waals surface area contributed by atoms with Crippen LogP contribution in [0.4, 0.5) is 0 Å². The number of aliphatic hydroxyl groups excluding tert-OH is 1. The summed E-state index contributed by atoms with van der Waals surface area (Å²) < 4.78 is 17.6. The first-order valence-electron chi connectivity index (χ1n) is 9.10. The first-order valence-corrected chi connectivity index (χ1v) is 12.0. The molecule has 0 amide bonds. The summed E-state index contributed by atoms with van der Waals surface area (Å²) in [5, 5.41) is 9.58. The van der Waals surface area contributed by atoms with Gasteiger partial charge in [-0.05, 0) is 42.2 Å². The SMILES string of the molecule is COc1ccc(COC[C@H](C)[C@H](CCO)O[Si](C)(C)C(C)(C)C)cc1. The summed E-state index contributed by atoms with van der Waals surface area (Å²) in [6.45, 7) is 14.7. The Hall–Kier alpha value is -0.883. The Bertz CT molecular complexity index is 493. The third-order valence-corrected chi connectivity index (χ3v) is 9.61. The van der Waals surface area contributed by atoms with E-state index in [9.17, 15) is 5.11 Å². The molecular weight excluding hydrogens is 332 g/mol. The van der Waals surface area contributed by atoms with Crippen molar-refractivity contribution in [3.05, 3.63) is 29.8 Å². The Labute approximate surface area is 154 Å². The average molecular weight is 369 g/mol. The summed E-state index contributed by atoms with van der Waals surface area (Å²) >= 11 is 0. The molecule has 25 heavy (non-hydrogen) atoms. The van der Waals surface area contributed by atoms with E-state index in [0.29, 0.717) is 19.6 Å². The average Bonchev–Trinajstić information content (AvgIpc) is 2.53. The van der Waals surface area contributed by atoms with Gasteiger partial charge in [0.25, 0.3) is 0 Å². The van der Waals surface area contributed by atoms with E-state index in [1.165, 1.54) is 0 Å². The molecule has 0 aromatic heterocycles. The standard InChI is InChI=1S/C20H36O4Si/c1-16(14-23-15-17-8-10-18(22-5)11-9-17)19(12-13-21)24-25(6,7)20(2,3)4/h8-11,16,19,21H,12-15H2,1-7H3/t16-,19-/m0/s1. The number of methoxy groups -OCH3 is 1. The highest BCUT2D eigenvalue weighted by atomic mass is 28.4. The van der Waals surface area contributed by atoms with Crippen molar-refractivity contribution < 1.29 is 19.0 Å². The molecule has 144 valence electrons. The van der Waals surface area contributed by atoms with Crippen molar-refractivity contribution in [1.29, 1.82) is 0 Å². The Kier molecular flexibility index (Phi) is 8.61. The first-order chi connectivity index (χ1) is 11.6. The highest BCUT2D eigenvalue weighted by Crippen LogP contribution is 2.38. The molecule has 0 bridgehead atoms. The van der Waals surface area contributed by atoms with E-state index >= 15 is 0 Å². The van der Waals surface area contributed by atoms with Gasteiger partial charge in [-0.2, -0.15) is 0 Å². The zero-order valence-electron chi connectivity index (χ0n) is 17.0. The second kappa shape index (κ2) is 9.71. The van der Waals surface area contributed by atoms with E-state index < -0.39 is 8.32 Å². The summed E-state index contributed by atoms with van der Waals surface area (Å²) in [6, 6.07) is 7.91. The van der Waals surface area contributed by atoms with Crippen LogP contribution < -0.4 is 4.74 Å². The second-order valence-electron chi connectivity index (χ2n) is 8.27. The molecule has 1 aromatic rings. The molecule has 1 rings (SSSR count). The molecule has 0 saturated carbocycles. The van der Waals surface area contributed by atoms with Crippen LogP contribution in [0, 0.1) is 5.92 Å². The molecule has 2 atom stereocenters. The summed E-state index contributed by atoms with van der Waals surface area (Å²) in [6.07, 6.45) is 0.682. The lowest BCUT2D eigenvalue weighted by Crippen LogP contribution is -2.46. The summed E-state index contributed by atoms with van der Waals surface area (Å²) in [5.74, 6) is 1.09. The molecule has 4 nitrogen and oxygen atoms in total. The molecule has 5 heteroatoms. The summed E-state index contributed by atoms with van der Waals surface area (Å²) in [5.41, 5.74) is 1.12. The number of hydrogen-bond acceptors (Lipinski definition) is 4. The quantitative estimate of drug-likeness (QED) is 0.612. The van der Waals surface area contributed by atoms with Crippen LogP contribution in [0.25, 0.3) is 0 Å². The fraction of sp³-hybridized carbons (Fsp3) is 0.700. The van der Waals surface area contributed by atoms with Crippen LogP contribution in [0.1, 0.15) is 39.7 Å². The fourth-order valence-electron chi connectivity index (χ4n) is 2.33. The van der Waals surface area contributed by atoms with Gasteiger partial charge in [0.05, 0.1) is 26.4 Å². The lowest BCUT2D eigenvalue weighted by atomic mass is 10.0. The van der Waals surface area contributed by atoms with Crippen LogP contribution in [0.15, 0.2) is 24.3 Å². The van der Waals surface area contributed by atoms with Crippen molar-refractivity contribution in [2.24, 2.45) is 5.92 Å². The second-order valence-corrected chi connectivity index (χ2v) is 13.0. The zero-order valence-corrected chi connectivity index (χ0v) is 18.0. The number of ether oxygens (including phenoxy) is 2. The monoisotopic (exact) mass is 368 g/mol. The molecule has 0 radical (unpaired) electrons. The van der Waals surface area contributed by atoms with Gasteiger partial charge in [0.15, 0.2) is 8.32 Å². The van der Waals surface area contributed by atoms with Gasteiger partial charge in [-0.3, -0.25) is 0 Å². The third-order valence-electron chi connectivity index (χ3n) is 5.11. The number of hydrogen-bond donors (Lipinski definition) is 1. The maximum Gasteiger partial charge on any atom is 0.192 e. The van der Waals surface area contributed by atoms with Crippen LogP contribution in [0.2, 0.25) is 18.1 Å². The van der Waals surface area contributed by atoms with Gasteiger partial charge < -0.3 is 19.0 Å². The van der Waals surface area contributed by atoms with Gasteiger partial charge in [0, 0.05) is 12.5 Å². The van der Waals surface area contributed by atoms with E-state index in [4.69, 9.17) is 13.9 Å². The maximum atomic E-state index is 9.42. The van der Waals surface area contributed by atoms with E-state index in [0.717, 1.165) is 11.3 Å². The highest BCUT2D eigenvalue weighted by molar-refractivity contribution is 6.74. The molecule has 0 unspecified atom stereocenters. The van der Waals surface area contributed by atoms with Crippen LogP contribution in [0.5, 0.6) is 5.75 Å². The Morgan fingerprint density at radius 3 is 2.20 bits per heavy atom. The van der Waals surface area contributed by atoms with Gasteiger partial charge in [0.2, 0.25) is 0 Å². The molecule has 0 saturated heterocycles. The Balaban J connectivity index is 2.56. The third kappa shape index (κ3) is 7.10. The van der Waals surface area contributed by atoms with Crippen molar-refractivity contribution >= 4 is 8.32 Å². The van der Waals surface area contributed by atoms with Gasteiger partial charge in [-0.25, -0.2) is 0 Å². The predicted molar refractivity (Wildman–Crippen MR) is 106 cm³/mol. The minimum absolute atomic E-state index is 0.0294. The van der Waals surface area contributed by atoms with Crippen molar-refractivity contribution in [2.45, 2.75) is 65.0 Å². The lowest BCUT2D eigenvalue weighted by Gasteiger charge is -2.40. The Morgan fingerprint density at radius 2 is 1.72 bits per heavy atom. The topological polar surface area (TPSA) is 47.9 Å². The van der Waals surface area contributed by atoms with E-state index in [1.807, 2.05) is 24.3 Å². The lowest BCUT2D eigenvalue weighted by molar-refractivity contribution is 0.0237. The van der Waals surface area contributed by atoms with Gasteiger partial charge >= 0.3 is 0 Å². The van der Waals surface area contributed by atoms with Crippen LogP contribution in [-0.4, -0.2) is 39.9 Å². The van der Waals surface area contributed by atoms with Gasteiger partial charge in [0.1, 0.15) is 5.75 Å². The smallest absolute Gasteiger partial charge is 0.192 e. The van der Waals surface area contributed by atoms with Crippen molar-refractivity contribution in [3.63, 3.8) is 0 Å². The summed E-state index contributed by atoms with van der Waals surface area (Å²) in [4.78, 5) is 0. The molecule has 1 N–H and O–H groups in total. The zero-order chi connectivity index (χ0) is 19.1. The predicted octanol–water partition coefficient (Wildman–Crippen LogP) is 4.62. The Morgan fingerprint density at radius 1 is 1.12 bits per heavy atom. The molecular formula is C20H36O4Si. The van der Waals surface area contributed by atoms with Crippen LogP contribution >= 0.6 is 0 Å². The number of benzene rings is 1. The minimum Gasteiger partial charge on any atom is -0.497 e. The normalized spacial score (nSPS) is 15.0. The summed E-state index contributed by atoms with van der Waals surface area (Å²) in [7, 11) is -0.199. The molecule has 0 heterocycles. The minimum atomic E-state index is -1.86. The molecule has 0 fully saturated rings. The molecule has 0 spiro atoms. The molecule has 1 aromatic carbocycles. The maximum absolute atomic E-state index is 9.42. The van der Waals surface area contributed by atoms with Crippen LogP contribution in [-0.2, 0) is 15.8 Å². The van der Waals surface area contributed by atoms with Crippen LogP contribution in [0.3, 0.4) is 0 Å². The number of aliphatic hydroxyl groups is 1. The van der Waals surface area contributed by atoms with E-state index in [-0.39, 0.29) is 23.7 Å².